The van der Waals surface area contributed by atoms with Gasteiger partial charge in [-0.15, -0.1) is 10.2 Å². The van der Waals surface area contributed by atoms with Crippen LogP contribution in [0.15, 0.2) is 64.9 Å². The number of hydrogen-bond acceptors (Lipinski definition) is 7. The lowest BCUT2D eigenvalue weighted by Gasteiger charge is -2.22. The Morgan fingerprint density at radius 1 is 1.10 bits per heavy atom. The summed E-state index contributed by atoms with van der Waals surface area (Å²) in [6.07, 6.45) is -6.65. The molecule has 1 unspecified atom stereocenters. The molecular weight excluding hydrogens is 690 g/mol. The largest absolute Gasteiger partial charge is 0.397 e. The summed E-state index contributed by atoms with van der Waals surface area (Å²) in [5, 5.41) is 20.2. The van der Waals surface area contributed by atoms with Gasteiger partial charge in [0.05, 0.1) is 17.4 Å². The summed E-state index contributed by atoms with van der Waals surface area (Å²) in [7, 11) is 0. The van der Waals surface area contributed by atoms with Crippen LogP contribution in [-0.4, -0.2) is 60.8 Å². The molecule has 9 nitrogen and oxygen atoms in total. The number of benzene rings is 1. The van der Waals surface area contributed by atoms with Gasteiger partial charge < -0.3 is 16.2 Å². The highest BCUT2D eigenvalue weighted by atomic mass is 19.3. The molecule has 0 radical (unpaired) electrons. The van der Waals surface area contributed by atoms with Crippen molar-refractivity contribution in [2.45, 2.75) is 63.5 Å². The summed E-state index contributed by atoms with van der Waals surface area (Å²) in [5.74, 6) is -1.98. The molecule has 1 aromatic carbocycles. The molecule has 5 rings (SSSR count). The van der Waals surface area contributed by atoms with Gasteiger partial charge >= 0.3 is 0 Å². The van der Waals surface area contributed by atoms with Crippen LogP contribution in [0.5, 0.6) is 0 Å². The number of carbonyl (C=O) groups excluding carboxylic acids is 1. The summed E-state index contributed by atoms with van der Waals surface area (Å²) in [5.41, 5.74) is 1.53. The maximum absolute atomic E-state index is 14.7. The maximum atomic E-state index is 14.7. The van der Waals surface area contributed by atoms with Gasteiger partial charge in [-0.2, -0.15) is 8.78 Å². The Bertz CT molecular complexity index is 2080. The van der Waals surface area contributed by atoms with E-state index in [0.29, 0.717) is 6.07 Å². The number of aliphatic imine (C=N–C) groups is 1. The first-order valence-electron chi connectivity index (χ1n) is 15.3. The van der Waals surface area contributed by atoms with Crippen LogP contribution in [0.25, 0.3) is 16.8 Å². The Kier molecular flexibility index (Phi) is 10.5. The molecule has 1 saturated carbocycles. The van der Waals surface area contributed by atoms with Crippen molar-refractivity contribution < 1.29 is 45.0 Å². The van der Waals surface area contributed by atoms with Gasteiger partial charge in [0.25, 0.3) is 18.8 Å². The van der Waals surface area contributed by atoms with Gasteiger partial charge in [0.2, 0.25) is 11.7 Å². The molecule has 0 aliphatic heterocycles. The minimum absolute atomic E-state index is 0.0165. The number of pyridine rings is 2. The molecule has 4 aromatic rings. The number of hydrogen-bond donors (Lipinski definition) is 3. The topological polar surface area (TPSA) is 131 Å². The van der Waals surface area contributed by atoms with Gasteiger partial charge in [-0.05, 0) is 74.6 Å². The second-order valence-electron chi connectivity index (χ2n) is 12.1. The molecule has 1 amide bonds. The zero-order chi connectivity index (χ0) is 37.2. The molecule has 3 aromatic heterocycles. The first-order chi connectivity index (χ1) is 23.9. The quantitative estimate of drug-likeness (QED) is 0.147. The zero-order valence-corrected chi connectivity index (χ0v) is 26.9. The summed E-state index contributed by atoms with van der Waals surface area (Å²) < 4.78 is 113. The molecule has 1 aliphatic carbocycles. The normalized spacial score (nSPS) is 16.8. The average molecular weight is 720 g/mol. The number of rotatable bonds is 9. The number of carbonyl (C=O) groups is 1. The molecule has 51 heavy (non-hydrogen) atoms. The van der Waals surface area contributed by atoms with Crippen molar-refractivity contribution in [2.24, 2.45) is 10.7 Å². The van der Waals surface area contributed by atoms with Crippen LogP contribution in [-0.2, 0) is 11.2 Å². The van der Waals surface area contributed by atoms with Crippen molar-refractivity contribution >= 4 is 17.3 Å². The van der Waals surface area contributed by atoms with Gasteiger partial charge in [-0.3, -0.25) is 14.2 Å². The van der Waals surface area contributed by atoms with Gasteiger partial charge in [0.15, 0.2) is 5.65 Å². The van der Waals surface area contributed by atoms with Crippen molar-refractivity contribution in [1.82, 2.24) is 24.9 Å². The van der Waals surface area contributed by atoms with E-state index in [4.69, 9.17) is 5.73 Å². The highest BCUT2D eigenvalue weighted by Crippen LogP contribution is 2.38. The first-order valence-corrected chi connectivity index (χ1v) is 15.3. The minimum Gasteiger partial charge on any atom is -0.397 e. The summed E-state index contributed by atoms with van der Waals surface area (Å²) in [6, 6.07) is 7.08. The van der Waals surface area contributed by atoms with E-state index in [2.05, 4.69) is 37.3 Å². The predicted molar refractivity (Wildman–Crippen MR) is 169 cm³/mol. The number of aliphatic hydroxyl groups is 1. The van der Waals surface area contributed by atoms with Crippen LogP contribution >= 0.6 is 0 Å². The third-order valence-electron chi connectivity index (χ3n) is 7.68. The number of nitrogens with one attached hydrogen (secondary N) is 1. The molecule has 1 aliphatic rings. The fraction of sp³-hybridized carbons (Fsp3) is 0.324. The number of fused-ring (bicyclic) bond motifs is 1. The molecule has 3 heterocycles. The maximum Gasteiger partial charge on any atom is 0.297 e. The van der Waals surface area contributed by atoms with Crippen LogP contribution < -0.4 is 11.1 Å². The third-order valence-corrected chi connectivity index (χ3v) is 7.68. The van der Waals surface area contributed by atoms with E-state index < -0.39 is 90.2 Å². The number of amides is 1. The third kappa shape index (κ3) is 8.51. The van der Waals surface area contributed by atoms with Crippen molar-refractivity contribution in [3.05, 3.63) is 94.3 Å². The van der Waals surface area contributed by atoms with Crippen LogP contribution in [0, 0.1) is 23.5 Å². The minimum atomic E-state index is -3.65. The van der Waals surface area contributed by atoms with E-state index in [9.17, 15) is 45.0 Å². The van der Waals surface area contributed by atoms with Crippen LogP contribution in [0.2, 0.25) is 0 Å². The average Bonchev–Trinajstić information content (AvgIpc) is 3.61. The molecule has 268 valence electrons. The monoisotopic (exact) mass is 719 g/mol. The van der Waals surface area contributed by atoms with E-state index >= 15 is 0 Å². The lowest BCUT2D eigenvalue weighted by atomic mass is 9.95. The lowest BCUT2D eigenvalue weighted by Crippen LogP contribution is -2.34. The van der Waals surface area contributed by atoms with E-state index in [-0.39, 0.29) is 40.1 Å². The number of halogens is 8. The van der Waals surface area contributed by atoms with Crippen molar-refractivity contribution in [3.63, 3.8) is 0 Å². The Hall–Kier alpha value is -5.37. The van der Waals surface area contributed by atoms with Crippen LogP contribution in [0.1, 0.15) is 61.9 Å². The fourth-order valence-electron chi connectivity index (χ4n) is 5.48. The van der Waals surface area contributed by atoms with Crippen molar-refractivity contribution in [1.29, 1.82) is 0 Å². The highest BCUT2D eigenvalue weighted by Gasteiger charge is 2.45. The second kappa shape index (κ2) is 14.5. The predicted octanol–water partition coefficient (Wildman–Crippen LogP) is 5.88. The molecule has 0 bridgehead atoms. The number of nitrogens with zero attached hydrogens (tertiary/aromatic N) is 5. The summed E-state index contributed by atoms with van der Waals surface area (Å²) >= 11 is 0. The standard InChI is InChI=1S/C34H29F8N7O2/c1-33(2,51)9-7-20-5-6-21(22-4-3-11-49-31(22)47-48-32(49)30(39)40)27(45-20)24(14-17-12-18(35)15-19(36)13-17)46-25(50)16-44-28-23(26(43)29(37)38)8-10-34(28,41)42/h3-6,11-13,15,24,29-30,51H,8,10,14,16,43H2,1-2H3,(H,46,50). The molecule has 17 heteroatoms. The smallest absolute Gasteiger partial charge is 0.297 e. The zero-order valence-electron chi connectivity index (χ0n) is 26.9. The van der Waals surface area contributed by atoms with Gasteiger partial charge in [-0.25, -0.2) is 31.3 Å². The Morgan fingerprint density at radius 2 is 1.80 bits per heavy atom. The first kappa shape index (κ1) is 36.9. The van der Waals surface area contributed by atoms with Gasteiger partial charge in [0, 0.05) is 35.4 Å². The number of nitrogens with two attached hydrogens (primary N) is 1. The number of alkyl halides is 6. The summed E-state index contributed by atoms with van der Waals surface area (Å²) in [6.45, 7) is 1.83. The summed E-state index contributed by atoms with van der Waals surface area (Å²) in [4.78, 5) is 21.6. The van der Waals surface area contributed by atoms with Crippen LogP contribution in [0.4, 0.5) is 35.1 Å². The van der Waals surface area contributed by atoms with E-state index in [0.717, 1.165) is 16.5 Å². The molecule has 0 spiro atoms. The van der Waals surface area contributed by atoms with Crippen LogP contribution in [0.3, 0.4) is 0 Å². The van der Waals surface area contributed by atoms with E-state index in [1.165, 1.54) is 44.3 Å². The Morgan fingerprint density at radius 3 is 2.45 bits per heavy atom. The van der Waals surface area contributed by atoms with Crippen molar-refractivity contribution in [2.75, 3.05) is 6.54 Å². The molecule has 1 atom stereocenters. The molecule has 1 fully saturated rings. The van der Waals surface area contributed by atoms with Crippen molar-refractivity contribution in [3.8, 4) is 23.0 Å². The van der Waals surface area contributed by atoms with Gasteiger partial charge in [0.1, 0.15) is 35.2 Å². The van der Waals surface area contributed by atoms with E-state index in [1.807, 2.05) is 0 Å². The Balaban J connectivity index is 1.65. The Labute approximate surface area is 285 Å². The number of allylic oxidation sites excluding steroid dienone is 2. The SMILES string of the molecule is CC(C)(O)C#Cc1ccc(-c2cccn3c(C(F)F)nnc23)c(C(Cc2cc(F)cc(F)c2)NC(=O)CN=C2C(=C(N)C(F)F)CCC2(F)F)n1. The molecule has 4 N–H and O–H groups in total. The highest BCUT2D eigenvalue weighted by molar-refractivity contribution is 6.08. The second-order valence-corrected chi connectivity index (χ2v) is 12.1. The van der Waals surface area contributed by atoms with E-state index in [1.54, 1.807) is 0 Å². The molecule has 0 saturated heterocycles. The van der Waals surface area contributed by atoms with Gasteiger partial charge in [-0.1, -0.05) is 5.92 Å². The molecular formula is C34H29F8N7O2. The lowest BCUT2D eigenvalue weighted by molar-refractivity contribution is -0.120. The fourth-order valence-corrected chi connectivity index (χ4v) is 5.48. The number of aromatic nitrogens is 4.